The van der Waals surface area contributed by atoms with Crippen molar-refractivity contribution in [2.45, 2.75) is 43.9 Å². The average Bonchev–Trinajstić information content (AvgIpc) is 2.77. The normalized spacial score (nSPS) is 32.5. The monoisotopic (exact) mass is 242 g/mol. The number of likely N-dealkylation sites (tertiary alicyclic amines) is 1. The van der Waals surface area contributed by atoms with Gasteiger partial charge in [0.15, 0.2) is 0 Å². The molecule has 0 spiro atoms. The Morgan fingerprint density at radius 3 is 2.41 bits per heavy atom. The Morgan fingerprint density at radius 2 is 1.82 bits per heavy atom. The SMILES string of the molecule is CN1CCC(N(C)C[C@@H]2CC[C@H](CO)O2)CC1. The lowest BCUT2D eigenvalue weighted by Gasteiger charge is -2.36. The molecule has 2 aliphatic rings. The van der Waals surface area contributed by atoms with Crippen LogP contribution in [0.4, 0.5) is 0 Å². The topological polar surface area (TPSA) is 35.9 Å². The molecule has 0 amide bonds. The second kappa shape index (κ2) is 6.14. The molecule has 0 unspecified atom stereocenters. The first-order chi connectivity index (χ1) is 8.19. The van der Waals surface area contributed by atoms with Gasteiger partial charge in [0.2, 0.25) is 0 Å². The maximum absolute atomic E-state index is 9.05. The van der Waals surface area contributed by atoms with E-state index in [0.717, 1.165) is 19.4 Å². The van der Waals surface area contributed by atoms with E-state index in [1.807, 2.05) is 0 Å². The molecule has 2 rings (SSSR count). The zero-order valence-corrected chi connectivity index (χ0v) is 11.1. The largest absolute Gasteiger partial charge is 0.394 e. The number of rotatable bonds is 4. The van der Waals surface area contributed by atoms with Gasteiger partial charge < -0.3 is 19.6 Å². The number of hydrogen-bond donors (Lipinski definition) is 1. The van der Waals surface area contributed by atoms with Gasteiger partial charge in [-0.25, -0.2) is 0 Å². The molecule has 2 aliphatic heterocycles. The number of ether oxygens (including phenoxy) is 1. The number of aliphatic hydroxyl groups is 1. The van der Waals surface area contributed by atoms with E-state index >= 15 is 0 Å². The summed E-state index contributed by atoms with van der Waals surface area (Å²) in [6.07, 6.45) is 5.07. The van der Waals surface area contributed by atoms with Crippen LogP contribution in [0, 0.1) is 0 Å². The smallest absolute Gasteiger partial charge is 0.0811 e. The summed E-state index contributed by atoms with van der Waals surface area (Å²) in [5.74, 6) is 0. The van der Waals surface area contributed by atoms with E-state index in [2.05, 4.69) is 23.9 Å². The first-order valence-corrected chi connectivity index (χ1v) is 6.84. The second-order valence-electron chi connectivity index (χ2n) is 5.61. The average molecular weight is 242 g/mol. The third-order valence-electron chi connectivity index (χ3n) is 4.20. The first kappa shape index (κ1) is 13.3. The predicted octanol–water partition coefficient (Wildman–Crippen LogP) is 0.552. The molecule has 0 aliphatic carbocycles. The summed E-state index contributed by atoms with van der Waals surface area (Å²) in [6.45, 7) is 3.61. The van der Waals surface area contributed by atoms with Gasteiger partial charge in [0.25, 0.3) is 0 Å². The molecule has 0 saturated carbocycles. The van der Waals surface area contributed by atoms with Crippen LogP contribution in [-0.2, 0) is 4.74 Å². The van der Waals surface area contributed by atoms with E-state index in [1.54, 1.807) is 0 Å². The Kier molecular flexibility index (Phi) is 4.79. The zero-order chi connectivity index (χ0) is 12.3. The van der Waals surface area contributed by atoms with Gasteiger partial charge in [-0.1, -0.05) is 0 Å². The van der Waals surface area contributed by atoms with Crippen LogP contribution in [0.1, 0.15) is 25.7 Å². The van der Waals surface area contributed by atoms with Gasteiger partial charge in [0, 0.05) is 12.6 Å². The third-order valence-corrected chi connectivity index (χ3v) is 4.20. The fourth-order valence-corrected chi connectivity index (χ4v) is 2.95. The minimum absolute atomic E-state index is 0.0888. The highest BCUT2D eigenvalue weighted by Crippen LogP contribution is 2.22. The molecule has 100 valence electrons. The van der Waals surface area contributed by atoms with Crippen LogP contribution < -0.4 is 0 Å². The summed E-state index contributed by atoms with van der Waals surface area (Å²) in [4.78, 5) is 4.86. The maximum Gasteiger partial charge on any atom is 0.0811 e. The van der Waals surface area contributed by atoms with Gasteiger partial charge in [0.05, 0.1) is 18.8 Å². The Hall–Kier alpha value is -0.160. The van der Waals surface area contributed by atoms with Gasteiger partial charge in [0.1, 0.15) is 0 Å². The highest BCUT2D eigenvalue weighted by molar-refractivity contribution is 4.81. The van der Waals surface area contributed by atoms with Crippen molar-refractivity contribution in [1.29, 1.82) is 0 Å². The minimum atomic E-state index is 0.0888. The van der Waals surface area contributed by atoms with Crippen molar-refractivity contribution in [2.75, 3.05) is 40.3 Å². The maximum atomic E-state index is 9.05. The molecule has 1 N–H and O–H groups in total. The van der Waals surface area contributed by atoms with Crippen molar-refractivity contribution in [3.63, 3.8) is 0 Å². The Labute approximate surface area is 105 Å². The molecule has 0 aromatic heterocycles. The van der Waals surface area contributed by atoms with Crippen LogP contribution in [-0.4, -0.2) is 73.5 Å². The summed E-state index contributed by atoms with van der Waals surface area (Å²) < 4.78 is 5.79. The van der Waals surface area contributed by atoms with Crippen LogP contribution in [0.25, 0.3) is 0 Å². The van der Waals surface area contributed by atoms with Crippen molar-refractivity contribution >= 4 is 0 Å². The van der Waals surface area contributed by atoms with Crippen LogP contribution >= 0.6 is 0 Å². The standard InChI is InChI=1S/C13H26N2O2/c1-14-7-5-11(6-8-14)15(2)9-12-3-4-13(10-16)17-12/h11-13,16H,3-10H2,1-2H3/t12-,13+/m0/s1. The van der Waals surface area contributed by atoms with E-state index in [1.165, 1.54) is 25.9 Å². The van der Waals surface area contributed by atoms with Crippen molar-refractivity contribution in [1.82, 2.24) is 9.80 Å². The summed E-state index contributed by atoms with van der Waals surface area (Å²) in [7, 11) is 4.41. The molecule has 2 heterocycles. The quantitative estimate of drug-likeness (QED) is 0.781. The fraction of sp³-hybridized carbons (Fsp3) is 1.00. The summed E-state index contributed by atoms with van der Waals surface area (Å²) in [6, 6.07) is 0.711. The minimum Gasteiger partial charge on any atom is -0.394 e. The molecule has 4 heteroatoms. The molecule has 0 aromatic carbocycles. The van der Waals surface area contributed by atoms with Crippen molar-refractivity contribution in [3.05, 3.63) is 0 Å². The van der Waals surface area contributed by atoms with Gasteiger partial charge in [-0.15, -0.1) is 0 Å². The van der Waals surface area contributed by atoms with Gasteiger partial charge in [-0.2, -0.15) is 0 Å². The molecule has 17 heavy (non-hydrogen) atoms. The number of piperidine rings is 1. The molecule has 0 radical (unpaired) electrons. The predicted molar refractivity (Wildman–Crippen MR) is 68.1 cm³/mol. The number of likely N-dealkylation sites (N-methyl/N-ethyl adjacent to an activating group) is 1. The number of aliphatic hydroxyl groups excluding tert-OH is 1. The highest BCUT2D eigenvalue weighted by Gasteiger charge is 2.28. The van der Waals surface area contributed by atoms with E-state index in [0.29, 0.717) is 12.1 Å². The van der Waals surface area contributed by atoms with E-state index in [-0.39, 0.29) is 12.7 Å². The highest BCUT2D eigenvalue weighted by atomic mass is 16.5. The number of nitrogens with zero attached hydrogens (tertiary/aromatic N) is 2. The molecule has 0 aromatic rings. The molecular weight excluding hydrogens is 216 g/mol. The van der Waals surface area contributed by atoms with Gasteiger partial charge >= 0.3 is 0 Å². The van der Waals surface area contributed by atoms with Gasteiger partial charge in [-0.05, 0) is 52.9 Å². The van der Waals surface area contributed by atoms with Crippen LogP contribution in [0.15, 0.2) is 0 Å². The Bertz CT molecular complexity index is 229. The summed E-state index contributed by atoms with van der Waals surface area (Å²) in [5, 5.41) is 9.05. The van der Waals surface area contributed by atoms with E-state index in [4.69, 9.17) is 9.84 Å². The van der Waals surface area contributed by atoms with Crippen LogP contribution in [0.5, 0.6) is 0 Å². The molecular formula is C13H26N2O2. The van der Waals surface area contributed by atoms with E-state index in [9.17, 15) is 0 Å². The molecule has 2 atom stereocenters. The lowest BCUT2D eigenvalue weighted by molar-refractivity contribution is -0.00875. The Morgan fingerprint density at radius 1 is 1.18 bits per heavy atom. The van der Waals surface area contributed by atoms with Crippen LogP contribution in [0.2, 0.25) is 0 Å². The lowest BCUT2D eigenvalue weighted by Crippen LogP contribution is -2.44. The lowest BCUT2D eigenvalue weighted by atomic mass is 10.0. The molecule has 0 bridgehead atoms. The number of hydrogen-bond acceptors (Lipinski definition) is 4. The fourth-order valence-electron chi connectivity index (χ4n) is 2.95. The zero-order valence-electron chi connectivity index (χ0n) is 11.1. The second-order valence-corrected chi connectivity index (χ2v) is 5.61. The Balaban J connectivity index is 1.72. The van der Waals surface area contributed by atoms with Crippen molar-refractivity contribution in [3.8, 4) is 0 Å². The van der Waals surface area contributed by atoms with Crippen molar-refractivity contribution in [2.24, 2.45) is 0 Å². The molecule has 2 fully saturated rings. The summed E-state index contributed by atoms with van der Waals surface area (Å²) in [5.41, 5.74) is 0. The van der Waals surface area contributed by atoms with Crippen molar-refractivity contribution < 1.29 is 9.84 Å². The molecule has 2 saturated heterocycles. The third kappa shape index (κ3) is 3.65. The summed E-state index contributed by atoms with van der Waals surface area (Å²) >= 11 is 0. The van der Waals surface area contributed by atoms with Gasteiger partial charge in [-0.3, -0.25) is 0 Å². The molecule has 4 nitrogen and oxygen atoms in total. The van der Waals surface area contributed by atoms with E-state index < -0.39 is 0 Å². The first-order valence-electron chi connectivity index (χ1n) is 6.84. The van der Waals surface area contributed by atoms with Crippen LogP contribution in [0.3, 0.4) is 0 Å².